The molecule has 2 aliphatic rings. The first kappa shape index (κ1) is 23.7. The number of nitrogens with two attached hydrogens (primary N) is 1. The van der Waals surface area contributed by atoms with Crippen LogP contribution in [0.25, 0.3) is 0 Å². The smallest absolute Gasteiger partial charge is 0.268 e. The number of nitrogens with one attached hydrogen (secondary N) is 1. The highest BCUT2D eigenvalue weighted by Crippen LogP contribution is 2.36. The maximum absolute atomic E-state index is 14.0. The topological polar surface area (TPSA) is 122 Å². The highest BCUT2D eigenvalue weighted by Gasteiger charge is 2.52. The van der Waals surface area contributed by atoms with E-state index in [0.29, 0.717) is 41.6 Å². The Morgan fingerprint density at radius 2 is 2.03 bits per heavy atom. The second kappa shape index (κ2) is 9.06. The summed E-state index contributed by atoms with van der Waals surface area (Å²) in [4.78, 5) is 13.8. The van der Waals surface area contributed by atoms with Crippen LogP contribution in [0.3, 0.4) is 0 Å². The van der Waals surface area contributed by atoms with Crippen molar-refractivity contribution in [3.05, 3.63) is 59.7 Å². The Kier molecular flexibility index (Phi) is 6.50. The lowest BCUT2D eigenvalue weighted by atomic mass is 9.95. The zero-order chi connectivity index (χ0) is 23.7. The van der Waals surface area contributed by atoms with Crippen LogP contribution in [0.15, 0.2) is 53.4 Å². The van der Waals surface area contributed by atoms with E-state index in [9.17, 15) is 18.3 Å². The second-order valence-electron chi connectivity index (χ2n) is 8.99. The van der Waals surface area contributed by atoms with E-state index in [-0.39, 0.29) is 24.3 Å². The van der Waals surface area contributed by atoms with E-state index in [1.54, 1.807) is 37.3 Å². The highest BCUT2D eigenvalue weighted by molar-refractivity contribution is 7.89. The largest absolute Gasteiger partial charge is 0.493 e. The predicted molar refractivity (Wildman–Crippen MR) is 124 cm³/mol. The van der Waals surface area contributed by atoms with Crippen LogP contribution >= 0.6 is 0 Å². The van der Waals surface area contributed by atoms with Gasteiger partial charge in [-0.25, -0.2) is 12.7 Å². The summed E-state index contributed by atoms with van der Waals surface area (Å²) >= 11 is 0. The quantitative estimate of drug-likeness (QED) is 0.498. The summed E-state index contributed by atoms with van der Waals surface area (Å²) in [6.45, 7) is 2.77. The third-order valence-electron chi connectivity index (χ3n) is 6.48. The molecule has 0 aliphatic carbocycles. The van der Waals surface area contributed by atoms with Gasteiger partial charge in [0.1, 0.15) is 5.75 Å². The molecule has 0 saturated carbocycles. The molecule has 0 bridgehead atoms. The fourth-order valence-electron chi connectivity index (χ4n) is 4.67. The minimum atomic E-state index is -4.41. The number of rotatable bonds is 8. The molecule has 2 aromatic carbocycles. The Bertz CT molecular complexity index is 1120. The lowest BCUT2D eigenvalue weighted by molar-refractivity contribution is -0.151. The molecule has 9 heteroatoms. The third-order valence-corrected chi connectivity index (χ3v) is 8.31. The van der Waals surface area contributed by atoms with Crippen molar-refractivity contribution in [3.8, 4) is 5.75 Å². The van der Waals surface area contributed by atoms with Crippen LogP contribution in [0.4, 0.5) is 0 Å². The van der Waals surface area contributed by atoms with Gasteiger partial charge in [0.15, 0.2) is 5.72 Å². The average molecular weight is 474 g/mol. The molecule has 4 N–H and O–H groups in total. The standard InChI is InChI=1S/C24H31N3O5S/c1-23(11-5-14-26-23)22(28)27(24(29,12-13-25)17-18-6-3-2-4-7-18)33(30,31)20-8-9-21-19(16-20)10-15-32-21/h2-4,6-9,16,26,29H,5,10-15,17,25H2,1H3/t23-,24?/m1/s1. The number of hydrogen-bond acceptors (Lipinski definition) is 7. The van der Waals surface area contributed by atoms with E-state index in [4.69, 9.17) is 10.5 Å². The minimum Gasteiger partial charge on any atom is -0.493 e. The molecule has 2 aromatic rings. The van der Waals surface area contributed by atoms with Crippen LogP contribution in [0.2, 0.25) is 0 Å². The molecular formula is C24H31N3O5S. The summed E-state index contributed by atoms with van der Waals surface area (Å²) in [5.74, 6) is -0.0404. The van der Waals surface area contributed by atoms with Crippen LogP contribution < -0.4 is 15.8 Å². The molecular weight excluding hydrogens is 442 g/mol. The number of benzene rings is 2. The lowest BCUT2D eigenvalue weighted by Crippen LogP contribution is -2.63. The van der Waals surface area contributed by atoms with Gasteiger partial charge in [-0.3, -0.25) is 4.79 Å². The Morgan fingerprint density at radius 3 is 2.70 bits per heavy atom. The molecule has 2 aliphatic heterocycles. The van der Waals surface area contributed by atoms with Gasteiger partial charge in [0.25, 0.3) is 15.9 Å². The zero-order valence-corrected chi connectivity index (χ0v) is 19.6. The van der Waals surface area contributed by atoms with E-state index in [1.165, 1.54) is 12.1 Å². The van der Waals surface area contributed by atoms with E-state index in [0.717, 1.165) is 12.0 Å². The fraction of sp³-hybridized carbons (Fsp3) is 0.458. The molecule has 8 nitrogen and oxygen atoms in total. The van der Waals surface area contributed by atoms with Gasteiger partial charge >= 0.3 is 0 Å². The summed E-state index contributed by atoms with van der Waals surface area (Å²) in [6.07, 6.45) is 1.63. The number of ether oxygens (including phenoxy) is 1. The average Bonchev–Trinajstić information content (AvgIpc) is 3.43. The predicted octanol–water partition coefficient (Wildman–Crippen LogP) is 1.56. The first-order valence-electron chi connectivity index (χ1n) is 11.3. The van der Waals surface area contributed by atoms with Gasteiger partial charge in [0.2, 0.25) is 0 Å². The summed E-state index contributed by atoms with van der Waals surface area (Å²) < 4.78 is 34.2. The van der Waals surface area contributed by atoms with Crippen molar-refractivity contribution in [1.82, 2.24) is 9.62 Å². The molecule has 178 valence electrons. The summed E-state index contributed by atoms with van der Waals surface area (Å²) in [6, 6.07) is 13.6. The van der Waals surface area contributed by atoms with E-state index >= 15 is 0 Å². The number of nitrogens with zero attached hydrogens (tertiary/aromatic N) is 1. The molecule has 0 aromatic heterocycles. The Labute approximate surface area is 194 Å². The van der Waals surface area contributed by atoms with Crippen molar-refractivity contribution in [2.75, 3.05) is 19.7 Å². The molecule has 0 radical (unpaired) electrons. The SMILES string of the molecule is C[C@]1(C(=O)N(C(O)(CCN)Cc2ccccc2)S(=O)(=O)c2ccc3c(c2)CCO3)CCCN1. The monoisotopic (exact) mass is 473 g/mol. The van der Waals surface area contributed by atoms with Gasteiger partial charge < -0.3 is 20.9 Å². The second-order valence-corrected chi connectivity index (χ2v) is 10.8. The van der Waals surface area contributed by atoms with E-state index in [2.05, 4.69) is 5.32 Å². The molecule has 1 amide bonds. The maximum atomic E-state index is 14.0. The van der Waals surface area contributed by atoms with Gasteiger partial charge in [0.05, 0.1) is 17.0 Å². The van der Waals surface area contributed by atoms with Crippen molar-refractivity contribution >= 4 is 15.9 Å². The molecule has 4 rings (SSSR count). The first-order chi connectivity index (χ1) is 15.7. The molecule has 1 fully saturated rings. The van der Waals surface area contributed by atoms with Crippen molar-refractivity contribution in [2.24, 2.45) is 5.73 Å². The van der Waals surface area contributed by atoms with Gasteiger partial charge in [0, 0.05) is 19.3 Å². The van der Waals surface area contributed by atoms with Crippen LogP contribution in [0.5, 0.6) is 5.75 Å². The highest BCUT2D eigenvalue weighted by atomic mass is 32.2. The molecule has 2 atom stereocenters. The third kappa shape index (κ3) is 4.50. The summed E-state index contributed by atoms with van der Waals surface area (Å²) in [5, 5.41) is 15.0. The number of carbonyl (C=O) groups is 1. The number of aliphatic hydroxyl groups is 1. The summed E-state index contributed by atoms with van der Waals surface area (Å²) in [5.41, 5.74) is 4.15. The fourth-order valence-corrected chi connectivity index (χ4v) is 6.43. The van der Waals surface area contributed by atoms with E-state index in [1.807, 2.05) is 6.07 Å². The Hall–Kier alpha value is -2.46. The van der Waals surface area contributed by atoms with Gasteiger partial charge in [-0.05, 0) is 62.2 Å². The normalized spacial score (nSPS) is 21.8. The van der Waals surface area contributed by atoms with E-state index < -0.39 is 27.2 Å². The first-order valence-corrected chi connectivity index (χ1v) is 12.7. The number of hydrogen-bond donors (Lipinski definition) is 3. The van der Waals surface area contributed by atoms with Crippen LogP contribution in [0, 0.1) is 0 Å². The minimum absolute atomic E-state index is 0.00477. The van der Waals surface area contributed by atoms with Gasteiger partial charge in [-0.2, -0.15) is 0 Å². The van der Waals surface area contributed by atoms with Crippen LogP contribution in [0.1, 0.15) is 37.3 Å². The molecule has 0 spiro atoms. The Balaban J connectivity index is 1.84. The maximum Gasteiger partial charge on any atom is 0.268 e. The molecule has 1 saturated heterocycles. The molecule has 2 heterocycles. The van der Waals surface area contributed by atoms with Crippen molar-refractivity contribution in [3.63, 3.8) is 0 Å². The van der Waals surface area contributed by atoms with Crippen molar-refractivity contribution < 1.29 is 23.1 Å². The number of sulfonamides is 1. The van der Waals surface area contributed by atoms with Gasteiger partial charge in [-0.1, -0.05) is 30.3 Å². The number of carbonyl (C=O) groups excluding carboxylic acids is 1. The number of fused-ring (bicyclic) bond motifs is 1. The van der Waals surface area contributed by atoms with Crippen molar-refractivity contribution in [2.45, 2.75) is 55.2 Å². The summed E-state index contributed by atoms with van der Waals surface area (Å²) in [7, 11) is -4.41. The Morgan fingerprint density at radius 1 is 1.27 bits per heavy atom. The molecule has 33 heavy (non-hydrogen) atoms. The van der Waals surface area contributed by atoms with Crippen LogP contribution in [-0.4, -0.2) is 54.7 Å². The lowest BCUT2D eigenvalue weighted by Gasteiger charge is -2.42. The molecule has 1 unspecified atom stereocenters. The number of amides is 1. The van der Waals surface area contributed by atoms with Gasteiger partial charge in [-0.15, -0.1) is 0 Å². The van der Waals surface area contributed by atoms with Crippen molar-refractivity contribution in [1.29, 1.82) is 0 Å². The zero-order valence-electron chi connectivity index (χ0n) is 18.8. The van der Waals surface area contributed by atoms with Crippen LogP contribution in [-0.2, 0) is 27.7 Å².